The van der Waals surface area contributed by atoms with Gasteiger partial charge in [-0.05, 0) is 40.6 Å². The van der Waals surface area contributed by atoms with Gasteiger partial charge in [0.05, 0.1) is 0 Å². The quantitative estimate of drug-likeness (QED) is 0.515. The van der Waals surface area contributed by atoms with Crippen LogP contribution in [0.4, 0.5) is 5.69 Å². The number of hydrogen-bond donors (Lipinski definition) is 0. The van der Waals surface area contributed by atoms with E-state index in [1.165, 1.54) is 10.9 Å². The van der Waals surface area contributed by atoms with Gasteiger partial charge in [0.1, 0.15) is 5.69 Å². The summed E-state index contributed by atoms with van der Waals surface area (Å²) in [4.78, 5) is 14.8. The van der Waals surface area contributed by atoms with E-state index in [1.807, 2.05) is 66.3 Å². The molecule has 0 atom stereocenters. The van der Waals surface area contributed by atoms with Crippen molar-refractivity contribution >= 4 is 22.4 Å². The molecule has 0 bridgehead atoms. The van der Waals surface area contributed by atoms with Crippen LogP contribution in [0, 0.1) is 0 Å². The summed E-state index contributed by atoms with van der Waals surface area (Å²) in [7, 11) is 1.83. The van der Waals surface area contributed by atoms with Gasteiger partial charge < -0.3 is 9.47 Å². The Morgan fingerprint density at radius 3 is 2.38 bits per heavy atom. The molecule has 4 aromatic rings. The first kappa shape index (κ1) is 16.2. The Morgan fingerprint density at radius 2 is 1.58 bits per heavy atom. The molecule has 0 fully saturated rings. The first-order chi connectivity index (χ1) is 12.7. The Kier molecular flexibility index (Phi) is 4.28. The van der Waals surface area contributed by atoms with E-state index < -0.39 is 0 Å². The van der Waals surface area contributed by atoms with Crippen molar-refractivity contribution in [2.45, 2.75) is 6.54 Å². The molecule has 0 saturated heterocycles. The monoisotopic (exact) mass is 340 g/mol. The summed E-state index contributed by atoms with van der Waals surface area (Å²) >= 11 is 0. The van der Waals surface area contributed by atoms with Gasteiger partial charge in [-0.2, -0.15) is 0 Å². The van der Waals surface area contributed by atoms with Crippen molar-refractivity contribution in [2.75, 3.05) is 11.9 Å². The first-order valence-corrected chi connectivity index (χ1v) is 8.68. The van der Waals surface area contributed by atoms with Crippen LogP contribution in [-0.4, -0.2) is 17.5 Å². The van der Waals surface area contributed by atoms with Crippen molar-refractivity contribution in [2.24, 2.45) is 0 Å². The van der Waals surface area contributed by atoms with Crippen LogP contribution in [0.1, 0.15) is 16.1 Å². The highest BCUT2D eigenvalue weighted by Gasteiger charge is 2.17. The summed E-state index contributed by atoms with van der Waals surface area (Å²) in [6, 6.07) is 28.2. The van der Waals surface area contributed by atoms with Gasteiger partial charge in [-0.25, -0.2) is 0 Å². The topological polar surface area (TPSA) is 25.2 Å². The predicted molar refractivity (Wildman–Crippen MR) is 107 cm³/mol. The highest BCUT2D eigenvalue weighted by atomic mass is 16.2. The molecule has 3 nitrogen and oxygen atoms in total. The van der Waals surface area contributed by atoms with Gasteiger partial charge in [0.25, 0.3) is 5.91 Å². The van der Waals surface area contributed by atoms with E-state index in [-0.39, 0.29) is 5.91 Å². The van der Waals surface area contributed by atoms with Gasteiger partial charge in [-0.3, -0.25) is 4.79 Å². The van der Waals surface area contributed by atoms with Gasteiger partial charge in [0.2, 0.25) is 0 Å². The average molecular weight is 340 g/mol. The van der Waals surface area contributed by atoms with Crippen LogP contribution < -0.4 is 4.90 Å². The molecule has 1 heterocycles. The van der Waals surface area contributed by atoms with Crippen LogP contribution >= 0.6 is 0 Å². The largest absolute Gasteiger partial charge is 0.339 e. The Balaban J connectivity index is 1.61. The number of benzene rings is 3. The predicted octanol–water partition coefficient (Wildman–Crippen LogP) is 4.97. The summed E-state index contributed by atoms with van der Waals surface area (Å²) in [5.41, 5.74) is 2.75. The van der Waals surface area contributed by atoms with Crippen LogP contribution in [0.25, 0.3) is 10.8 Å². The number of rotatable bonds is 4. The molecule has 1 amide bonds. The summed E-state index contributed by atoms with van der Waals surface area (Å²) in [6.07, 6.45) is 1.95. The maximum Gasteiger partial charge on any atom is 0.274 e. The molecule has 0 aliphatic heterocycles. The van der Waals surface area contributed by atoms with Crippen LogP contribution in [0.5, 0.6) is 0 Å². The van der Waals surface area contributed by atoms with Crippen molar-refractivity contribution < 1.29 is 4.79 Å². The molecule has 0 N–H and O–H groups in total. The molecule has 0 unspecified atom stereocenters. The Bertz CT molecular complexity index is 1050. The third-order valence-electron chi connectivity index (χ3n) is 4.67. The zero-order chi connectivity index (χ0) is 17.9. The zero-order valence-electron chi connectivity index (χ0n) is 14.7. The lowest BCUT2D eigenvalue weighted by molar-refractivity contribution is 0.0984. The molecule has 0 aliphatic rings. The van der Waals surface area contributed by atoms with Crippen molar-refractivity contribution in [3.8, 4) is 0 Å². The molecule has 0 aliphatic carbocycles. The molecular formula is C23H20N2O. The van der Waals surface area contributed by atoms with E-state index in [1.54, 1.807) is 4.90 Å². The van der Waals surface area contributed by atoms with E-state index in [9.17, 15) is 4.79 Å². The number of carbonyl (C=O) groups excluding carboxylic acids is 1. The Hall–Kier alpha value is -3.33. The Labute approximate surface area is 153 Å². The molecule has 128 valence electrons. The molecular weight excluding hydrogens is 320 g/mol. The van der Waals surface area contributed by atoms with Crippen molar-refractivity contribution in [3.63, 3.8) is 0 Å². The molecule has 0 saturated carbocycles. The van der Waals surface area contributed by atoms with E-state index in [0.29, 0.717) is 12.2 Å². The minimum atomic E-state index is -0.0128. The van der Waals surface area contributed by atoms with Gasteiger partial charge in [-0.15, -0.1) is 0 Å². The van der Waals surface area contributed by atoms with E-state index in [0.717, 1.165) is 11.1 Å². The highest BCUT2D eigenvalue weighted by molar-refractivity contribution is 6.05. The van der Waals surface area contributed by atoms with Crippen LogP contribution in [0.2, 0.25) is 0 Å². The van der Waals surface area contributed by atoms with E-state index in [2.05, 4.69) is 36.4 Å². The lowest BCUT2D eigenvalue weighted by Crippen LogP contribution is -2.28. The van der Waals surface area contributed by atoms with E-state index >= 15 is 0 Å². The van der Waals surface area contributed by atoms with Crippen LogP contribution in [0.15, 0.2) is 91.1 Å². The maximum atomic E-state index is 13.1. The van der Waals surface area contributed by atoms with Gasteiger partial charge in [-0.1, -0.05) is 60.7 Å². The lowest BCUT2D eigenvalue weighted by atomic mass is 10.1. The standard InChI is InChI=1S/C23H20N2O/c1-24(21-14-13-19-10-5-6-11-20(19)16-21)23(26)22-12-7-15-25(22)17-18-8-3-2-4-9-18/h2-16H,17H2,1H3. The number of hydrogen-bond acceptors (Lipinski definition) is 1. The molecule has 1 aromatic heterocycles. The average Bonchev–Trinajstić information content (AvgIpc) is 3.15. The molecule has 0 radical (unpaired) electrons. The van der Waals surface area contributed by atoms with E-state index in [4.69, 9.17) is 0 Å². The van der Waals surface area contributed by atoms with Crippen LogP contribution in [-0.2, 0) is 6.54 Å². The van der Waals surface area contributed by atoms with Crippen molar-refractivity contribution in [1.29, 1.82) is 0 Å². The third kappa shape index (κ3) is 3.11. The maximum absolute atomic E-state index is 13.1. The fourth-order valence-corrected chi connectivity index (χ4v) is 3.20. The number of anilines is 1. The zero-order valence-corrected chi connectivity index (χ0v) is 14.7. The fourth-order valence-electron chi connectivity index (χ4n) is 3.20. The molecule has 4 rings (SSSR count). The van der Waals surface area contributed by atoms with Crippen LogP contribution in [0.3, 0.4) is 0 Å². The second-order valence-electron chi connectivity index (χ2n) is 6.40. The molecule has 3 heteroatoms. The van der Waals surface area contributed by atoms with Gasteiger partial charge >= 0.3 is 0 Å². The van der Waals surface area contributed by atoms with Crippen molar-refractivity contribution in [3.05, 3.63) is 102 Å². The summed E-state index contributed by atoms with van der Waals surface area (Å²) in [5.74, 6) is -0.0128. The minimum Gasteiger partial charge on any atom is -0.339 e. The highest BCUT2D eigenvalue weighted by Crippen LogP contribution is 2.23. The molecule has 0 spiro atoms. The summed E-state index contributed by atoms with van der Waals surface area (Å²) in [5, 5.41) is 2.30. The summed E-state index contributed by atoms with van der Waals surface area (Å²) in [6.45, 7) is 0.681. The first-order valence-electron chi connectivity index (χ1n) is 8.68. The smallest absolute Gasteiger partial charge is 0.274 e. The number of fused-ring (bicyclic) bond motifs is 1. The number of amides is 1. The van der Waals surface area contributed by atoms with Gasteiger partial charge in [0.15, 0.2) is 0 Å². The second-order valence-corrected chi connectivity index (χ2v) is 6.40. The van der Waals surface area contributed by atoms with Gasteiger partial charge in [0, 0.05) is 25.5 Å². The third-order valence-corrected chi connectivity index (χ3v) is 4.67. The number of nitrogens with zero attached hydrogens (tertiary/aromatic N) is 2. The minimum absolute atomic E-state index is 0.0128. The number of aromatic nitrogens is 1. The molecule has 26 heavy (non-hydrogen) atoms. The Morgan fingerprint density at radius 1 is 0.846 bits per heavy atom. The second kappa shape index (κ2) is 6.89. The summed E-state index contributed by atoms with van der Waals surface area (Å²) < 4.78 is 2.00. The fraction of sp³-hybridized carbons (Fsp3) is 0.0870. The molecule has 3 aromatic carbocycles. The normalized spacial score (nSPS) is 10.8. The SMILES string of the molecule is CN(C(=O)c1cccn1Cc1ccccc1)c1ccc2ccccc2c1. The van der Waals surface area contributed by atoms with Crippen molar-refractivity contribution in [1.82, 2.24) is 4.57 Å². The number of carbonyl (C=O) groups is 1. The lowest BCUT2D eigenvalue weighted by Gasteiger charge is -2.19.